The molecule has 1 aromatic rings. The minimum Gasteiger partial charge on any atom is -0.316 e. The van der Waals surface area contributed by atoms with E-state index >= 15 is 0 Å². The maximum atomic E-state index is 3.72. The van der Waals surface area contributed by atoms with Crippen molar-refractivity contribution in [3.63, 3.8) is 0 Å². The smallest absolute Gasteiger partial charge is 0.0246 e. The van der Waals surface area contributed by atoms with Gasteiger partial charge in [-0.1, -0.05) is 35.0 Å². The summed E-state index contributed by atoms with van der Waals surface area (Å²) >= 11 is 3.72. The van der Waals surface area contributed by atoms with Crippen LogP contribution >= 0.6 is 15.9 Å². The standard InChI is InChI=1S/C16H26BrN3/c1-4-20-8-7-19(11-13(20)2)12-15-6-5-14(10-18-3)9-16(15)17/h5-6,9,13,18H,4,7-8,10-12H2,1-3H3. The summed E-state index contributed by atoms with van der Waals surface area (Å²) in [6.45, 7) is 11.2. The van der Waals surface area contributed by atoms with Gasteiger partial charge in [-0.3, -0.25) is 9.80 Å². The summed E-state index contributed by atoms with van der Waals surface area (Å²) in [6.07, 6.45) is 0. The van der Waals surface area contributed by atoms with Crippen molar-refractivity contribution in [2.24, 2.45) is 0 Å². The van der Waals surface area contributed by atoms with Gasteiger partial charge in [-0.25, -0.2) is 0 Å². The molecule has 0 aromatic heterocycles. The first-order valence-electron chi connectivity index (χ1n) is 7.52. The summed E-state index contributed by atoms with van der Waals surface area (Å²) in [5, 5.41) is 3.19. The molecule has 2 rings (SSSR count). The Morgan fingerprint density at radius 1 is 1.35 bits per heavy atom. The third-order valence-electron chi connectivity index (χ3n) is 4.15. The molecule has 0 saturated carbocycles. The van der Waals surface area contributed by atoms with E-state index in [-0.39, 0.29) is 0 Å². The van der Waals surface area contributed by atoms with Gasteiger partial charge in [0.05, 0.1) is 0 Å². The highest BCUT2D eigenvalue weighted by Gasteiger charge is 2.22. The fourth-order valence-corrected chi connectivity index (χ4v) is 3.51. The summed E-state index contributed by atoms with van der Waals surface area (Å²) in [7, 11) is 1.98. The monoisotopic (exact) mass is 339 g/mol. The Labute approximate surface area is 131 Å². The van der Waals surface area contributed by atoms with Crippen LogP contribution in [0.2, 0.25) is 0 Å². The second kappa shape index (κ2) is 7.55. The van der Waals surface area contributed by atoms with Crippen LogP contribution in [0.25, 0.3) is 0 Å². The fraction of sp³-hybridized carbons (Fsp3) is 0.625. The average molecular weight is 340 g/mol. The SMILES string of the molecule is CCN1CCN(Cc2ccc(CNC)cc2Br)CC1C. The van der Waals surface area contributed by atoms with E-state index in [1.54, 1.807) is 0 Å². The molecular weight excluding hydrogens is 314 g/mol. The molecule has 1 unspecified atom stereocenters. The van der Waals surface area contributed by atoms with E-state index in [1.807, 2.05) is 7.05 Å². The number of likely N-dealkylation sites (N-methyl/N-ethyl adjacent to an activating group) is 1. The van der Waals surface area contributed by atoms with Gasteiger partial charge in [0.15, 0.2) is 0 Å². The molecule has 3 nitrogen and oxygen atoms in total. The van der Waals surface area contributed by atoms with E-state index in [1.165, 1.54) is 35.2 Å². The van der Waals surface area contributed by atoms with E-state index in [0.29, 0.717) is 6.04 Å². The molecule has 0 bridgehead atoms. The van der Waals surface area contributed by atoms with E-state index in [2.05, 4.69) is 63.1 Å². The molecule has 112 valence electrons. The number of rotatable bonds is 5. The number of hydrogen-bond acceptors (Lipinski definition) is 3. The molecule has 0 radical (unpaired) electrons. The molecule has 1 atom stereocenters. The maximum absolute atomic E-state index is 3.72. The van der Waals surface area contributed by atoms with Gasteiger partial charge < -0.3 is 5.32 Å². The van der Waals surface area contributed by atoms with Crippen molar-refractivity contribution >= 4 is 15.9 Å². The minimum atomic E-state index is 0.663. The number of piperazine rings is 1. The van der Waals surface area contributed by atoms with Crippen molar-refractivity contribution in [3.05, 3.63) is 33.8 Å². The second-order valence-electron chi connectivity index (χ2n) is 5.67. The Kier molecular flexibility index (Phi) is 6.02. The third kappa shape index (κ3) is 4.04. The van der Waals surface area contributed by atoms with Crippen LogP contribution in [0.1, 0.15) is 25.0 Å². The minimum absolute atomic E-state index is 0.663. The Morgan fingerprint density at radius 3 is 2.75 bits per heavy atom. The molecule has 1 aromatic carbocycles. The van der Waals surface area contributed by atoms with Crippen LogP contribution in [-0.4, -0.2) is 49.1 Å². The van der Waals surface area contributed by atoms with Gasteiger partial charge in [0.2, 0.25) is 0 Å². The van der Waals surface area contributed by atoms with Crippen LogP contribution < -0.4 is 5.32 Å². The topological polar surface area (TPSA) is 18.5 Å². The van der Waals surface area contributed by atoms with Crippen molar-refractivity contribution in [1.82, 2.24) is 15.1 Å². The Bertz CT molecular complexity index is 436. The highest BCUT2D eigenvalue weighted by atomic mass is 79.9. The summed E-state index contributed by atoms with van der Waals surface area (Å²) < 4.78 is 1.23. The largest absolute Gasteiger partial charge is 0.316 e. The fourth-order valence-electron chi connectivity index (χ4n) is 2.96. The number of hydrogen-bond donors (Lipinski definition) is 1. The molecule has 20 heavy (non-hydrogen) atoms. The lowest BCUT2D eigenvalue weighted by atomic mass is 10.1. The van der Waals surface area contributed by atoms with E-state index in [4.69, 9.17) is 0 Å². The van der Waals surface area contributed by atoms with Crippen LogP contribution in [0.4, 0.5) is 0 Å². The summed E-state index contributed by atoms with van der Waals surface area (Å²) in [4.78, 5) is 5.12. The number of benzene rings is 1. The van der Waals surface area contributed by atoms with Gasteiger partial charge in [-0.05, 0) is 37.7 Å². The van der Waals surface area contributed by atoms with Gasteiger partial charge in [0, 0.05) is 43.2 Å². The van der Waals surface area contributed by atoms with Crippen LogP contribution in [0.15, 0.2) is 22.7 Å². The van der Waals surface area contributed by atoms with E-state index in [0.717, 1.165) is 19.6 Å². The Morgan fingerprint density at radius 2 is 2.15 bits per heavy atom. The predicted molar refractivity (Wildman–Crippen MR) is 88.9 cm³/mol. The lowest BCUT2D eigenvalue weighted by Crippen LogP contribution is -2.51. The van der Waals surface area contributed by atoms with Crippen molar-refractivity contribution in [2.75, 3.05) is 33.2 Å². The highest BCUT2D eigenvalue weighted by molar-refractivity contribution is 9.10. The van der Waals surface area contributed by atoms with Gasteiger partial charge in [0.1, 0.15) is 0 Å². The molecule has 1 saturated heterocycles. The zero-order valence-electron chi connectivity index (χ0n) is 12.8. The number of nitrogens with one attached hydrogen (secondary N) is 1. The number of halogens is 1. The van der Waals surface area contributed by atoms with Gasteiger partial charge in [0.25, 0.3) is 0 Å². The molecule has 0 amide bonds. The molecule has 1 heterocycles. The van der Waals surface area contributed by atoms with Crippen LogP contribution in [0, 0.1) is 0 Å². The van der Waals surface area contributed by atoms with Crippen molar-refractivity contribution in [3.8, 4) is 0 Å². The average Bonchev–Trinajstić information content (AvgIpc) is 2.42. The molecule has 0 aliphatic carbocycles. The second-order valence-corrected chi connectivity index (χ2v) is 6.52. The van der Waals surface area contributed by atoms with E-state index in [9.17, 15) is 0 Å². The Hall–Kier alpha value is -0.420. The van der Waals surface area contributed by atoms with Crippen molar-refractivity contribution in [2.45, 2.75) is 33.0 Å². The van der Waals surface area contributed by atoms with Crippen LogP contribution in [0.3, 0.4) is 0 Å². The van der Waals surface area contributed by atoms with Gasteiger partial charge >= 0.3 is 0 Å². The molecular formula is C16H26BrN3. The normalized spacial score (nSPS) is 21.3. The van der Waals surface area contributed by atoms with Crippen LogP contribution in [-0.2, 0) is 13.1 Å². The van der Waals surface area contributed by atoms with Gasteiger partial charge in [-0.15, -0.1) is 0 Å². The van der Waals surface area contributed by atoms with Crippen LogP contribution in [0.5, 0.6) is 0 Å². The molecule has 1 fully saturated rings. The van der Waals surface area contributed by atoms with E-state index < -0.39 is 0 Å². The maximum Gasteiger partial charge on any atom is 0.0246 e. The highest BCUT2D eigenvalue weighted by Crippen LogP contribution is 2.21. The zero-order valence-corrected chi connectivity index (χ0v) is 14.4. The molecule has 4 heteroatoms. The first-order valence-corrected chi connectivity index (χ1v) is 8.31. The first-order chi connectivity index (χ1) is 9.63. The first kappa shape index (κ1) is 16.0. The summed E-state index contributed by atoms with van der Waals surface area (Å²) in [6, 6.07) is 7.38. The number of nitrogens with zero attached hydrogens (tertiary/aromatic N) is 2. The third-order valence-corrected chi connectivity index (χ3v) is 4.89. The molecule has 0 spiro atoms. The molecule has 1 aliphatic heterocycles. The van der Waals surface area contributed by atoms with Crippen molar-refractivity contribution < 1.29 is 0 Å². The Balaban J connectivity index is 1.97. The van der Waals surface area contributed by atoms with Crippen molar-refractivity contribution in [1.29, 1.82) is 0 Å². The quantitative estimate of drug-likeness (QED) is 0.889. The summed E-state index contributed by atoms with van der Waals surface area (Å²) in [5.41, 5.74) is 2.72. The lowest BCUT2D eigenvalue weighted by Gasteiger charge is -2.39. The summed E-state index contributed by atoms with van der Waals surface area (Å²) in [5.74, 6) is 0. The lowest BCUT2D eigenvalue weighted by molar-refractivity contribution is 0.0833. The molecule has 1 aliphatic rings. The molecule has 1 N–H and O–H groups in total. The van der Waals surface area contributed by atoms with Gasteiger partial charge in [-0.2, -0.15) is 0 Å². The zero-order chi connectivity index (χ0) is 14.5. The predicted octanol–water partition coefficient (Wildman–Crippen LogP) is 2.69.